The highest BCUT2D eigenvalue weighted by atomic mass is 32.1. The molecule has 0 radical (unpaired) electrons. The Bertz CT molecular complexity index is 865. The Kier molecular flexibility index (Phi) is 7.50. The molecule has 0 unspecified atom stereocenters. The van der Waals surface area contributed by atoms with Gasteiger partial charge in [-0.25, -0.2) is 14.8 Å². The van der Waals surface area contributed by atoms with Crippen LogP contribution in [0.4, 0.5) is 13.2 Å². The molecule has 4 heterocycles. The minimum atomic E-state index is -5.08. The van der Waals surface area contributed by atoms with Crippen LogP contribution in [0.5, 0.6) is 5.88 Å². The predicted octanol–water partition coefficient (Wildman–Crippen LogP) is 3.68. The molecule has 0 aromatic carbocycles. The lowest BCUT2D eigenvalue weighted by atomic mass is 9.89. The van der Waals surface area contributed by atoms with E-state index in [1.54, 1.807) is 17.5 Å². The average molecular weight is 459 g/mol. The third-order valence-electron chi connectivity index (χ3n) is 5.17. The number of hydrogen-bond acceptors (Lipinski definition) is 7. The fourth-order valence-corrected chi connectivity index (χ4v) is 4.58. The van der Waals surface area contributed by atoms with Gasteiger partial charge in [0.1, 0.15) is 6.10 Å². The van der Waals surface area contributed by atoms with Gasteiger partial charge in [0, 0.05) is 36.7 Å². The molecule has 0 aliphatic carbocycles. The Hall–Kier alpha value is -2.24. The van der Waals surface area contributed by atoms with Crippen LogP contribution in [0, 0.1) is 6.92 Å². The Morgan fingerprint density at radius 1 is 1.42 bits per heavy atom. The van der Waals surface area contributed by atoms with Crippen molar-refractivity contribution in [2.24, 2.45) is 0 Å². The summed E-state index contributed by atoms with van der Waals surface area (Å²) in [4.78, 5) is 21.4. The lowest BCUT2D eigenvalue weighted by molar-refractivity contribution is -0.192. The monoisotopic (exact) mass is 459 g/mol. The number of halogens is 3. The van der Waals surface area contributed by atoms with E-state index in [2.05, 4.69) is 21.8 Å². The second-order valence-corrected chi connectivity index (χ2v) is 8.52. The van der Waals surface area contributed by atoms with Gasteiger partial charge in [-0.1, -0.05) is 6.07 Å². The highest BCUT2D eigenvalue weighted by Crippen LogP contribution is 2.36. The zero-order chi connectivity index (χ0) is 22.5. The number of carbonyl (C=O) groups is 1. The van der Waals surface area contributed by atoms with Crippen molar-refractivity contribution in [1.29, 1.82) is 0 Å². The van der Waals surface area contributed by atoms with Crippen molar-refractivity contribution in [2.75, 3.05) is 19.7 Å². The van der Waals surface area contributed by atoms with Crippen molar-refractivity contribution in [3.05, 3.63) is 40.5 Å². The van der Waals surface area contributed by atoms with Crippen molar-refractivity contribution in [2.45, 2.75) is 50.6 Å². The van der Waals surface area contributed by atoms with E-state index >= 15 is 0 Å². The zero-order valence-electron chi connectivity index (χ0n) is 17.0. The summed E-state index contributed by atoms with van der Waals surface area (Å²) in [6, 6.07) is 5.76. The van der Waals surface area contributed by atoms with Crippen LogP contribution >= 0.6 is 11.3 Å². The van der Waals surface area contributed by atoms with Crippen molar-refractivity contribution in [1.82, 2.24) is 14.9 Å². The van der Waals surface area contributed by atoms with Crippen LogP contribution in [-0.2, 0) is 16.1 Å². The second kappa shape index (κ2) is 9.92. The molecule has 31 heavy (non-hydrogen) atoms. The normalized spacial score (nSPS) is 23.9. The molecule has 4 rings (SSSR count). The van der Waals surface area contributed by atoms with Gasteiger partial charge in [-0.05, 0) is 32.4 Å². The maximum absolute atomic E-state index is 10.6. The van der Waals surface area contributed by atoms with Gasteiger partial charge in [-0.3, -0.25) is 4.90 Å². The van der Waals surface area contributed by atoms with E-state index < -0.39 is 12.1 Å². The number of aromatic nitrogens is 2. The smallest absolute Gasteiger partial charge is 0.475 e. The van der Waals surface area contributed by atoms with Crippen molar-refractivity contribution in [3.63, 3.8) is 0 Å². The first kappa shape index (κ1) is 23.4. The molecule has 0 amide bonds. The molecule has 1 N–H and O–H groups in total. The number of pyridine rings is 1. The van der Waals surface area contributed by atoms with E-state index in [0.29, 0.717) is 12.5 Å². The van der Waals surface area contributed by atoms with E-state index in [4.69, 9.17) is 19.4 Å². The third kappa shape index (κ3) is 6.62. The van der Waals surface area contributed by atoms with Gasteiger partial charge < -0.3 is 14.6 Å². The molecule has 2 aliphatic heterocycles. The molecule has 2 aromatic rings. The van der Waals surface area contributed by atoms with E-state index in [-0.39, 0.29) is 11.7 Å². The van der Waals surface area contributed by atoms with Crippen molar-refractivity contribution in [3.8, 4) is 5.88 Å². The molecule has 11 heteroatoms. The van der Waals surface area contributed by atoms with Crippen LogP contribution in [0.15, 0.2) is 29.9 Å². The quantitative estimate of drug-likeness (QED) is 0.747. The third-order valence-corrected chi connectivity index (χ3v) is 6.09. The number of rotatable bonds is 4. The minimum absolute atomic E-state index is 0.0592. The summed E-state index contributed by atoms with van der Waals surface area (Å²) in [5.74, 6) is -2.07. The van der Waals surface area contributed by atoms with Gasteiger partial charge in [0.25, 0.3) is 0 Å². The van der Waals surface area contributed by atoms with Gasteiger partial charge in [-0.2, -0.15) is 13.2 Å². The second-order valence-electron chi connectivity index (χ2n) is 7.58. The Labute approximate surface area is 181 Å². The highest BCUT2D eigenvalue weighted by molar-refractivity contribution is 7.09. The van der Waals surface area contributed by atoms with Gasteiger partial charge in [-0.15, -0.1) is 11.3 Å². The topological polar surface area (TPSA) is 84.8 Å². The number of aliphatic carboxylic acids is 1. The molecule has 2 atom stereocenters. The van der Waals surface area contributed by atoms with Gasteiger partial charge in [0.05, 0.1) is 23.4 Å². The maximum atomic E-state index is 10.6. The summed E-state index contributed by atoms with van der Waals surface area (Å²) < 4.78 is 44.0. The van der Waals surface area contributed by atoms with Crippen molar-refractivity contribution >= 4 is 17.3 Å². The minimum Gasteiger partial charge on any atom is -0.475 e. The number of ether oxygens (including phenoxy) is 2. The maximum Gasteiger partial charge on any atom is 0.490 e. The zero-order valence-corrected chi connectivity index (χ0v) is 17.8. The first-order chi connectivity index (χ1) is 14.7. The fraction of sp³-hybridized carbons (Fsp3) is 0.550. The van der Waals surface area contributed by atoms with Crippen LogP contribution in [0.2, 0.25) is 0 Å². The lowest BCUT2D eigenvalue weighted by Gasteiger charge is -2.39. The van der Waals surface area contributed by atoms with E-state index in [1.165, 1.54) is 11.3 Å². The predicted molar refractivity (Wildman–Crippen MR) is 107 cm³/mol. The molecular formula is C20H24F3N3O4S. The summed E-state index contributed by atoms with van der Waals surface area (Å²) in [5, 5.41) is 7.12. The molecule has 170 valence electrons. The largest absolute Gasteiger partial charge is 0.490 e. The summed E-state index contributed by atoms with van der Waals surface area (Å²) in [6.07, 6.45) is 0.0223. The standard InChI is InChI=1S/C18H23N3O2S.C2HF3O2/c1-14-16(24-13-20-14)10-21-8-4-6-18(12-21)9-15(11-22-18)23-17-5-2-3-7-19-17;3-2(4,5)1(6)7/h2-3,5,7,13,15H,4,6,8-12H2,1H3;(H,6,7)/t15-,18-;/m0./s1. The lowest BCUT2D eigenvalue weighted by Crippen LogP contribution is -2.47. The Morgan fingerprint density at radius 2 is 2.19 bits per heavy atom. The number of thiazole rings is 1. The Balaban J connectivity index is 0.000000339. The molecular weight excluding hydrogens is 435 g/mol. The van der Waals surface area contributed by atoms with Crippen molar-refractivity contribution < 1.29 is 32.5 Å². The molecule has 0 bridgehead atoms. The summed E-state index contributed by atoms with van der Waals surface area (Å²) in [7, 11) is 0. The van der Waals surface area contributed by atoms with Crippen LogP contribution in [0.25, 0.3) is 0 Å². The molecule has 2 aliphatic rings. The molecule has 2 fully saturated rings. The molecule has 2 saturated heterocycles. The van der Waals surface area contributed by atoms with Crippen LogP contribution in [0.3, 0.4) is 0 Å². The van der Waals surface area contributed by atoms with Gasteiger partial charge >= 0.3 is 12.1 Å². The number of alkyl halides is 3. The number of carboxylic acid groups (broad SMARTS) is 1. The van der Waals surface area contributed by atoms with E-state index in [0.717, 1.165) is 38.2 Å². The fourth-order valence-electron chi connectivity index (χ4n) is 3.76. The number of piperidine rings is 1. The first-order valence-electron chi connectivity index (χ1n) is 9.80. The van der Waals surface area contributed by atoms with Crippen LogP contribution < -0.4 is 4.74 Å². The van der Waals surface area contributed by atoms with Crippen LogP contribution in [-0.4, -0.2) is 63.5 Å². The number of likely N-dealkylation sites (tertiary alicyclic amines) is 1. The SMILES string of the molecule is Cc1ncsc1CN1CCC[C@]2(C[C@H](Oc3ccccn3)CO2)C1.O=C(O)C(F)(F)F. The summed E-state index contributed by atoms with van der Waals surface area (Å²) in [6.45, 7) is 5.84. The molecule has 7 nitrogen and oxygen atoms in total. The molecule has 2 aromatic heterocycles. The molecule has 1 spiro atoms. The van der Waals surface area contributed by atoms with Gasteiger partial charge in [0.2, 0.25) is 5.88 Å². The van der Waals surface area contributed by atoms with Gasteiger partial charge in [0.15, 0.2) is 0 Å². The number of nitrogens with zero attached hydrogens (tertiary/aromatic N) is 3. The first-order valence-corrected chi connectivity index (χ1v) is 10.7. The average Bonchev–Trinajstić information content (AvgIpc) is 3.29. The van der Waals surface area contributed by atoms with E-state index in [9.17, 15) is 13.2 Å². The number of carboxylic acids is 1. The highest BCUT2D eigenvalue weighted by Gasteiger charge is 2.44. The van der Waals surface area contributed by atoms with E-state index in [1.807, 2.05) is 23.7 Å². The summed E-state index contributed by atoms with van der Waals surface area (Å²) >= 11 is 1.75. The van der Waals surface area contributed by atoms with Crippen LogP contribution in [0.1, 0.15) is 29.8 Å². The summed E-state index contributed by atoms with van der Waals surface area (Å²) in [5.41, 5.74) is 3.03. The Morgan fingerprint density at radius 3 is 2.81 bits per heavy atom. The molecule has 0 saturated carbocycles. The number of hydrogen-bond donors (Lipinski definition) is 1. The number of aryl methyl sites for hydroxylation is 1.